The summed E-state index contributed by atoms with van der Waals surface area (Å²) in [6.45, 7) is 5.74. The molecule has 1 atom stereocenters. The van der Waals surface area contributed by atoms with Crippen molar-refractivity contribution in [2.75, 3.05) is 18.9 Å². The predicted molar refractivity (Wildman–Crippen MR) is 103 cm³/mol. The lowest BCUT2D eigenvalue weighted by Crippen LogP contribution is -2.43. The number of hydrogen-bond donors (Lipinski definition) is 1. The second kappa shape index (κ2) is 9.04. The second-order valence-electron chi connectivity index (χ2n) is 6.34. The molecule has 0 radical (unpaired) electrons. The Kier molecular flexibility index (Phi) is 6.78. The van der Waals surface area contributed by atoms with E-state index in [1.54, 1.807) is 7.05 Å². The van der Waals surface area contributed by atoms with Crippen LogP contribution in [0.25, 0.3) is 0 Å². The number of ether oxygens (including phenoxy) is 1. The zero-order valence-electron chi connectivity index (χ0n) is 15.8. The summed E-state index contributed by atoms with van der Waals surface area (Å²) in [6, 6.07) is 15.1. The van der Waals surface area contributed by atoms with E-state index in [1.165, 1.54) is 4.90 Å². The summed E-state index contributed by atoms with van der Waals surface area (Å²) < 4.78 is 5.76. The van der Waals surface area contributed by atoms with E-state index in [0.29, 0.717) is 12.2 Å². The van der Waals surface area contributed by atoms with Gasteiger partial charge in [-0.1, -0.05) is 43.3 Å². The fourth-order valence-electron chi connectivity index (χ4n) is 2.70. The Morgan fingerprint density at radius 1 is 1.04 bits per heavy atom. The first-order valence-corrected chi connectivity index (χ1v) is 8.75. The molecule has 0 unspecified atom stereocenters. The number of aryl methyl sites for hydroxylation is 2. The van der Waals surface area contributed by atoms with Crippen LogP contribution in [0.15, 0.2) is 48.5 Å². The lowest BCUT2D eigenvalue weighted by Gasteiger charge is -2.23. The summed E-state index contributed by atoms with van der Waals surface area (Å²) in [6.07, 6.45) is -0.0910. The lowest BCUT2D eigenvalue weighted by atomic mass is 10.1. The first-order chi connectivity index (χ1) is 12.4. The number of carbonyl (C=O) groups is 2. The summed E-state index contributed by atoms with van der Waals surface area (Å²) in [5, 5.41) is 2.90. The smallest absolute Gasteiger partial charge is 0.263 e. The molecule has 0 spiro atoms. The number of rotatable bonds is 7. The Labute approximate surface area is 155 Å². The van der Waals surface area contributed by atoms with Crippen molar-refractivity contribution in [3.05, 3.63) is 59.7 Å². The molecular weight excluding hydrogens is 328 g/mol. The number of para-hydroxylation sites is 2. The molecule has 0 aliphatic rings. The maximum absolute atomic E-state index is 12.6. The second-order valence-corrected chi connectivity index (χ2v) is 6.34. The molecule has 0 saturated heterocycles. The molecule has 26 heavy (non-hydrogen) atoms. The Balaban J connectivity index is 1.97. The summed E-state index contributed by atoms with van der Waals surface area (Å²) in [4.78, 5) is 26.4. The van der Waals surface area contributed by atoms with Gasteiger partial charge in [-0.15, -0.1) is 0 Å². The van der Waals surface area contributed by atoms with Crippen LogP contribution in [0, 0.1) is 13.8 Å². The Morgan fingerprint density at radius 3 is 2.23 bits per heavy atom. The van der Waals surface area contributed by atoms with Crippen molar-refractivity contribution in [3.8, 4) is 5.75 Å². The number of amides is 2. The van der Waals surface area contributed by atoms with Crippen LogP contribution in [0.3, 0.4) is 0 Å². The Hall–Kier alpha value is -2.82. The van der Waals surface area contributed by atoms with Crippen molar-refractivity contribution in [2.45, 2.75) is 33.3 Å². The highest BCUT2D eigenvalue weighted by molar-refractivity contribution is 5.96. The highest BCUT2D eigenvalue weighted by atomic mass is 16.5. The van der Waals surface area contributed by atoms with Crippen LogP contribution in [0.5, 0.6) is 5.75 Å². The minimum absolute atomic E-state index is 0.0265. The molecular formula is C21H26N2O3. The Morgan fingerprint density at radius 2 is 1.65 bits per heavy atom. The van der Waals surface area contributed by atoms with E-state index in [-0.39, 0.29) is 18.4 Å². The van der Waals surface area contributed by atoms with Crippen molar-refractivity contribution in [1.29, 1.82) is 0 Å². The number of nitrogens with zero attached hydrogens (tertiary/aromatic N) is 1. The quantitative estimate of drug-likeness (QED) is 0.827. The Bertz CT molecular complexity index is 739. The molecule has 0 heterocycles. The molecule has 0 aliphatic heterocycles. The molecule has 5 nitrogen and oxygen atoms in total. The van der Waals surface area contributed by atoms with Gasteiger partial charge in [-0.2, -0.15) is 0 Å². The van der Waals surface area contributed by atoms with Crippen LogP contribution in [0.2, 0.25) is 0 Å². The van der Waals surface area contributed by atoms with Crippen molar-refractivity contribution < 1.29 is 14.3 Å². The third-order valence-electron chi connectivity index (χ3n) is 4.17. The average Bonchev–Trinajstić information content (AvgIpc) is 2.63. The number of nitrogens with one attached hydrogen (secondary N) is 1. The van der Waals surface area contributed by atoms with Crippen LogP contribution < -0.4 is 10.1 Å². The van der Waals surface area contributed by atoms with Gasteiger partial charge in [0.2, 0.25) is 5.91 Å². The van der Waals surface area contributed by atoms with E-state index in [1.807, 2.05) is 69.3 Å². The van der Waals surface area contributed by atoms with Gasteiger partial charge in [0.25, 0.3) is 5.91 Å². The van der Waals surface area contributed by atoms with E-state index in [9.17, 15) is 9.59 Å². The summed E-state index contributed by atoms with van der Waals surface area (Å²) >= 11 is 0. The number of likely N-dealkylation sites (N-methyl/N-ethyl adjacent to an activating group) is 1. The van der Waals surface area contributed by atoms with Crippen LogP contribution in [-0.2, 0) is 9.59 Å². The monoisotopic (exact) mass is 354 g/mol. The number of hydrogen-bond acceptors (Lipinski definition) is 3. The minimum Gasteiger partial charge on any atom is -0.481 e. The summed E-state index contributed by atoms with van der Waals surface area (Å²) in [5.41, 5.74) is 2.78. The predicted octanol–water partition coefficient (Wildman–Crippen LogP) is 3.56. The van der Waals surface area contributed by atoms with Crippen LogP contribution in [0.1, 0.15) is 24.5 Å². The van der Waals surface area contributed by atoms with Crippen LogP contribution >= 0.6 is 0 Å². The molecule has 5 heteroatoms. The maximum Gasteiger partial charge on any atom is 0.263 e. The summed E-state index contributed by atoms with van der Waals surface area (Å²) in [7, 11) is 1.61. The topological polar surface area (TPSA) is 58.6 Å². The molecule has 2 aromatic carbocycles. The van der Waals surface area contributed by atoms with E-state index in [2.05, 4.69) is 5.32 Å². The van der Waals surface area contributed by atoms with Crippen molar-refractivity contribution in [3.63, 3.8) is 0 Å². The zero-order valence-corrected chi connectivity index (χ0v) is 15.8. The maximum atomic E-state index is 12.6. The SMILES string of the molecule is CC[C@H](Oc1ccccc1)C(=O)N(C)CC(=O)Nc1c(C)cccc1C. The van der Waals surface area contributed by atoms with Crippen molar-refractivity contribution in [1.82, 2.24) is 4.90 Å². The molecule has 0 bridgehead atoms. The zero-order chi connectivity index (χ0) is 19.1. The molecule has 2 rings (SSSR count). The molecule has 2 amide bonds. The number of benzene rings is 2. The van der Waals surface area contributed by atoms with Crippen LogP contribution in [0.4, 0.5) is 5.69 Å². The van der Waals surface area contributed by atoms with Gasteiger partial charge in [-0.05, 0) is 43.5 Å². The van der Waals surface area contributed by atoms with Gasteiger partial charge in [0.1, 0.15) is 5.75 Å². The van der Waals surface area contributed by atoms with Gasteiger partial charge < -0.3 is 15.0 Å². The van der Waals surface area contributed by atoms with E-state index in [0.717, 1.165) is 16.8 Å². The standard InChI is InChI=1S/C21H26N2O3/c1-5-18(26-17-12-7-6-8-13-17)21(25)23(4)14-19(24)22-20-15(2)10-9-11-16(20)3/h6-13,18H,5,14H2,1-4H3,(H,22,24)/t18-/m0/s1. The highest BCUT2D eigenvalue weighted by Gasteiger charge is 2.24. The molecule has 0 aromatic heterocycles. The molecule has 0 fully saturated rings. The van der Waals surface area contributed by atoms with Gasteiger partial charge in [0, 0.05) is 12.7 Å². The lowest BCUT2D eigenvalue weighted by molar-refractivity contribution is -0.139. The average molecular weight is 354 g/mol. The molecule has 1 N–H and O–H groups in total. The first-order valence-electron chi connectivity index (χ1n) is 8.75. The van der Waals surface area contributed by atoms with E-state index in [4.69, 9.17) is 4.74 Å². The van der Waals surface area contributed by atoms with Crippen LogP contribution in [-0.4, -0.2) is 36.4 Å². The van der Waals surface area contributed by atoms with Gasteiger partial charge in [-0.3, -0.25) is 9.59 Å². The van der Waals surface area contributed by atoms with Gasteiger partial charge in [0.05, 0.1) is 6.54 Å². The highest BCUT2D eigenvalue weighted by Crippen LogP contribution is 2.19. The van der Waals surface area contributed by atoms with Crippen molar-refractivity contribution >= 4 is 17.5 Å². The normalized spacial score (nSPS) is 11.5. The third-order valence-corrected chi connectivity index (χ3v) is 4.17. The largest absolute Gasteiger partial charge is 0.481 e. The third kappa shape index (κ3) is 5.09. The fraction of sp³-hybridized carbons (Fsp3) is 0.333. The molecule has 138 valence electrons. The van der Waals surface area contributed by atoms with Crippen molar-refractivity contribution in [2.24, 2.45) is 0 Å². The van der Waals surface area contributed by atoms with E-state index >= 15 is 0 Å². The molecule has 0 aliphatic carbocycles. The van der Waals surface area contributed by atoms with E-state index < -0.39 is 6.10 Å². The molecule has 2 aromatic rings. The van der Waals surface area contributed by atoms with Gasteiger partial charge in [0.15, 0.2) is 6.10 Å². The fourth-order valence-corrected chi connectivity index (χ4v) is 2.70. The summed E-state index contributed by atoms with van der Waals surface area (Å²) in [5.74, 6) is 0.196. The first kappa shape index (κ1) is 19.5. The number of anilines is 1. The van der Waals surface area contributed by atoms with Gasteiger partial charge >= 0.3 is 0 Å². The number of carbonyl (C=O) groups excluding carboxylic acids is 2. The van der Waals surface area contributed by atoms with Gasteiger partial charge in [-0.25, -0.2) is 0 Å². The molecule has 0 saturated carbocycles. The minimum atomic E-state index is -0.615.